The molecule has 1 amide bonds. The van der Waals surface area contributed by atoms with E-state index in [1.807, 2.05) is 19.1 Å². The number of thioether (sulfide) groups is 1. The third kappa shape index (κ3) is 3.82. The highest BCUT2D eigenvalue weighted by molar-refractivity contribution is 8.26. The minimum Gasteiger partial charge on any atom is -0.353 e. The zero-order valence-corrected chi connectivity index (χ0v) is 18.1. The number of carbonyl (C=O) groups is 1. The summed E-state index contributed by atoms with van der Waals surface area (Å²) >= 11 is 6.62. The number of carbonyl (C=O) groups excluding carboxylic acids is 1. The lowest BCUT2D eigenvalue weighted by Crippen LogP contribution is -2.45. The third-order valence-corrected chi connectivity index (χ3v) is 6.53. The Morgan fingerprint density at radius 3 is 2.69 bits per heavy atom. The summed E-state index contributed by atoms with van der Waals surface area (Å²) in [6.07, 6.45) is 4.21. The van der Waals surface area contributed by atoms with Gasteiger partial charge in [0.05, 0.1) is 10.5 Å². The summed E-state index contributed by atoms with van der Waals surface area (Å²) in [5, 5.41) is 0. The number of amides is 1. The van der Waals surface area contributed by atoms with E-state index in [0.29, 0.717) is 32.8 Å². The van der Waals surface area contributed by atoms with Crippen LogP contribution in [0, 0.1) is 0 Å². The van der Waals surface area contributed by atoms with E-state index in [-0.39, 0.29) is 11.5 Å². The Morgan fingerprint density at radius 1 is 1.21 bits per heavy atom. The molecule has 0 radical (unpaired) electrons. The van der Waals surface area contributed by atoms with Crippen LogP contribution in [-0.4, -0.2) is 69.2 Å². The molecule has 0 aromatic carbocycles. The van der Waals surface area contributed by atoms with Gasteiger partial charge in [0.25, 0.3) is 11.5 Å². The summed E-state index contributed by atoms with van der Waals surface area (Å²) in [5.74, 6) is 0.499. The summed E-state index contributed by atoms with van der Waals surface area (Å²) in [6, 6.07) is 5.49. The van der Waals surface area contributed by atoms with Crippen molar-refractivity contribution >= 4 is 51.7 Å². The van der Waals surface area contributed by atoms with E-state index >= 15 is 0 Å². The average Bonchev–Trinajstić information content (AvgIpc) is 2.98. The second-order valence-corrected chi connectivity index (χ2v) is 8.88. The maximum absolute atomic E-state index is 13.3. The average molecular weight is 430 g/mol. The highest BCUT2D eigenvalue weighted by Crippen LogP contribution is 2.33. The van der Waals surface area contributed by atoms with Crippen LogP contribution < -0.4 is 10.5 Å². The topological polar surface area (TPSA) is 61.2 Å². The molecule has 9 heteroatoms. The summed E-state index contributed by atoms with van der Waals surface area (Å²) in [4.78, 5) is 37.4. The summed E-state index contributed by atoms with van der Waals surface area (Å²) in [5.41, 5.74) is 0.864. The van der Waals surface area contributed by atoms with Gasteiger partial charge in [0.2, 0.25) is 0 Å². The number of fused-ring (bicyclic) bond motifs is 1. The van der Waals surface area contributed by atoms with Gasteiger partial charge in [-0.25, -0.2) is 4.98 Å². The van der Waals surface area contributed by atoms with Gasteiger partial charge >= 0.3 is 0 Å². The number of pyridine rings is 1. The normalized spacial score (nSPS) is 19.7. The van der Waals surface area contributed by atoms with Gasteiger partial charge in [-0.1, -0.05) is 37.0 Å². The lowest BCUT2D eigenvalue weighted by Gasteiger charge is -2.34. The van der Waals surface area contributed by atoms with Crippen molar-refractivity contribution in [2.45, 2.75) is 13.3 Å². The fraction of sp³-hybridized carbons (Fsp3) is 0.400. The first kappa shape index (κ1) is 20.1. The lowest BCUT2D eigenvalue weighted by atomic mass is 10.2. The maximum atomic E-state index is 13.3. The van der Waals surface area contributed by atoms with Gasteiger partial charge in [0.1, 0.15) is 15.8 Å². The quantitative estimate of drug-likeness (QED) is 0.545. The lowest BCUT2D eigenvalue weighted by molar-refractivity contribution is -0.122. The van der Waals surface area contributed by atoms with Crippen molar-refractivity contribution in [1.29, 1.82) is 0 Å². The van der Waals surface area contributed by atoms with Crippen molar-refractivity contribution in [3.05, 3.63) is 45.2 Å². The smallest absolute Gasteiger partial charge is 0.267 e. The molecule has 0 unspecified atom stereocenters. The number of nitrogens with zero attached hydrogens (tertiary/aromatic N) is 5. The molecule has 2 saturated heterocycles. The Bertz CT molecular complexity index is 1060. The fourth-order valence-electron chi connectivity index (χ4n) is 3.52. The molecule has 2 aliphatic rings. The van der Waals surface area contributed by atoms with E-state index in [2.05, 4.69) is 16.8 Å². The zero-order chi connectivity index (χ0) is 20.5. The van der Waals surface area contributed by atoms with Crippen LogP contribution in [0.1, 0.15) is 18.9 Å². The molecule has 7 nitrogen and oxygen atoms in total. The zero-order valence-electron chi connectivity index (χ0n) is 16.5. The molecule has 0 N–H and O–H groups in total. The number of thiocarbonyl (C=S) groups is 1. The van der Waals surface area contributed by atoms with E-state index in [0.717, 1.165) is 32.6 Å². The number of aromatic nitrogens is 2. The van der Waals surface area contributed by atoms with Gasteiger partial charge in [-0.2, -0.15) is 0 Å². The number of rotatable bonds is 4. The van der Waals surface area contributed by atoms with Crippen molar-refractivity contribution in [2.24, 2.45) is 0 Å². The standard InChI is InChI=1S/C20H23N5O2S2/c1-3-7-25-19(27)15(29-20(25)28)13-14-17(23-11-9-22(2)10-12-23)21-16-6-4-5-8-24(16)18(14)26/h4-6,8,13H,3,7,9-12H2,1-2H3. The fourth-order valence-corrected chi connectivity index (χ4v) is 4.81. The molecule has 0 atom stereocenters. The molecule has 2 aromatic heterocycles. The summed E-state index contributed by atoms with van der Waals surface area (Å²) in [6.45, 7) is 5.95. The summed E-state index contributed by atoms with van der Waals surface area (Å²) in [7, 11) is 2.08. The Kier molecular flexibility index (Phi) is 5.71. The van der Waals surface area contributed by atoms with Crippen LogP contribution in [-0.2, 0) is 4.79 Å². The molecule has 2 aromatic rings. The molecule has 0 spiro atoms. The first-order valence-corrected chi connectivity index (χ1v) is 10.9. The molecule has 0 saturated carbocycles. The van der Waals surface area contributed by atoms with E-state index in [1.165, 1.54) is 16.2 Å². The Morgan fingerprint density at radius 2 is 1.97 bits per heavy atom. The predicted octanol–water partition coefficient (Wildman–Crippen LogP) is 2.06. The molecule has 4 heterocycles. The number of hydrogen-bond donors (Lipinski definition) is 0. The van der Waals surface area contributed by atoms with E-state index in [1.54, 1.807) is 23.2 Å². The van der Waals surface area contributed by atoms with E-state index < -0.39 is 0 Å². The molecule has 4 rings (SSSR count). The van der Waals surface area contributed by atoms with Crippen LogP contribution in [0.3, 0.4) is 0 Å². The van der Waals surface area contributed by atoms with Gasteiger partial charge in [-0.15, -0.1) is 0 Å². The molecule has 2 fully saturated rings. The monoisotopic (exact) mass is 429 g/mol. The van der Waals surface area contributed by atoms with Gasteiger partial charge in [-0.05, 0) is 31.7 Å². The highest BCUT2D eigenvalue weighted by Gasteiger charge is 2.32. The van der Waals surface area contributed by atoms with Crippen molar-refractivity contribution in [3.8, 4) is 0 Å². The number of piperazine rings is 1. The first-order valence-electron chi connectivity index (χ1n) is 9.70. The number of hydrogen-bond acceptors (Lipinski definition) is 7. The molecule has 29 heavy (non-hydrogen) atoms. The molecular weight excluding hydrogens is 406 g/mol. The van der Waals surface area contributed by atoms with Crippen LogP contribution in [0.15, 0.2) is 34.1 Å². The van der Waals surface area contributed by atoms with E-state index in [9.17, 15) is 9.59 Å². The van der Waals surface area contributed by atoms with Gasteiger partial charge in [0, 0.05) is 38.9 Å². The molecular formula is C20H23N5O2S2. The molecule has 152 valence electrons. The van der Waals surface area contributed by atoms with Crippen LogP contribution in [0.5, 0.6) is 0 Å². The minimum atomic E-state index is -0.176. The van der Waals surface area contributed by atoms with Gasteiger partial charge in [-0.3, -0.25) is 18.9 Å². The van der Waals surface area contributed by atoms with Crippen LogP contribution in [0.2, 0.25) is 0 Å². The third-order valence-electron chi connectivity index (χ3n) is 5.15. The first-order chi connectivity index (χ1) is 14.0. The van der Waals surface area contributed by atoms with E-state index in [4.69, 9.17) is 17.2 Å². The van der Waals surface area contributed by atoms with Gasteiger partial charge in [0.15, 0.2) is 0 Å². The van der Waals surface area contributed by atoms with Crippen LogP contribution in [0.25, 0.3) is 11.7 Å². The second-order valence-electron chi connectivity index (χ2n) is 7.21. The largest absolute Gasteiger partial charge is 0.353 e. The molecule has 0 bridgehead atoms. The molecule has 2 aliphatic heterocycles. The Hall–Kier alpha value is -2.23. The second kappa shape index (κ2) is 8.25. The molecule has 0 aliphatic carbocycles. The van der Waals surface area contributed by atoms with Crippen molar-refractivity contribution < 1.29 is 4.79 Å². The summed E-state index contributed by atoms with van der Waals surface area (Å²) < 4.78 is 2.07. The van der Waals surface area contributed by atoms with Crippen molar-refractivity contribution in [3.63, 3.8) is 0 Å². The Labute approximate surface area is 179 Å². The SMILES string of the molecule is CCCN1C(=O)C(=Cc2c(N3CCN(C)CC3)nc3ccccn3c2=O)SC1=S. The number of anilines is 1. The Balaban J connectivity index is 1.83. The predicted molar refractivity (Wildman–Crippen MR) is 121 cm³/mol. The van der Waals surface area contributed by atoms with Crippen molar-refractivity contribution in [1.82, 2.24) is 19.2 Å². The van der Waals surface area contributed by atoms with Crippen LogP contribution >= 0.6 is 24.0 Å². The minimum absolute atomic E-state index is 0.135. The van der Waals surface area contributed by atoms with Gasteiger partial charge < -0.3 is 9.80 Å². The van der Waals surface area contributed by atoms with Crippen molar-refractivity contribution in [2.75, 3.05) is 44.7 Å². The maximum Gasteiger partial charge on any atom is 0.267 e. The van der Waals surface area contributed by atoms with Crippen LogP contribution in [0.4, 0.5) is 5.82 Å². The highest BCUT2D eigenvalue weighted by atomic mass is 32.2. The number of likely N-dealkylation sites (N-methyl/N-ethyl adjacent to an activating group) is 1.